The molecule has 0 N–H and O–H groups in total. The van der Waals surface area contributed by atoms with Gasteiger partial charge in [0.2, 0.25) is 11.8 Å². The zero-order valence-corrected chi connectivity index (χ0v) is 22.0. The molecule has 5 heteroatoms. The number of ether oxygens (including phenoxy) is 2. The molecule has 0 saturated carbocycles. The largest absolute Gasteiger partial charge is 0.455 e. The summed E-state index contributed by atoms with van der Waals surface area (Å²) in [5, 5.41) is 0. The molecule has 3 aliphatic rings. The Morgan fingerprint density at radius 3 is 1.51 bits per heavy atom. The van der Waals surface area contributed by atoms with Crippen LogP contribution < -0.4 is 9.64 Å². The molecule has 4 atom stereocenters. The number of hydrogen-bond donors (Lipinski definition) is 0. The molecule has 0 aliphatic carbocycles. The highest BCUT2D eigenvalue weighted by molar-refractivity contribution is 6.24. The van der Waals surface area contributed by atoms with Crippen LogP contribution in [0.25, 0.3) is 0 Å². The van der Waals surface area contributed by atoms with E-state index in [2.05, 4.69) is 0 Å². The smallest absolute Gasteiger partial charge is 0.241 e. The average molecular weight is 536 g/mol. The zero-order chi connectivity index (χ0) is 27.6. The Labute approximate surface area is 237 Å². The second-order valence-electron chi connectivity index (χ2n) is 10.7. The van der Waals surface area contributed by atoms with Gasteiger partial charge in [-0.15, -0.1) is 0 Å². The predicted octanol–water partition coefficient (Wildman–Crippen LogP) is 6.82. The SMILES string of the molecule is O=C1[C@@H]2[C@H](C(=O)N1c1ccccc1Oc1ccccc1)[C@@]1(c3ccccc3)O[C@]2(c2ccccc2)c2ccccc21. The predicted molar refractivity (Wildman–Crippen MR) is 154 cm³/mol. The van der Waals surface area contributed by atoms with Gasteiger partial charge in [-0.1, -0.05) is 115 Å². The molecule has 0 radical (unpaired) electrons. The lowest BCUT2D eigenvalue weighted by Crippen LogP contribution is -2.42. The molecule has 2 fully saturated rings. The fraction of sp³-hybridized carbons (Fsp3) is 0.111. The minimum Gasteiger partial charge on any atom is -0.455 e. The zero-order valence-electron chi connectivity index (χ0n) is 22.0. The molecule has 0 unspecified atom stereocenters. The normalized spacial score (nSPS) is 25.7. The third-order valence-corrected chi connectivity index (χ3v) is 8.71. The lowest BCUT2D eigenvalue weighted by atomic mass is 9.61. The number of carbonyl (C=O) groups is 2. The number of fused-ring (bicyclic) bond motifs is 8. The van der Waals surface area contributed by atoms with Gasteiger partial charge in [0.05, 0.1) is 17.5 Å². The van der Waals surface area contributed by atoms with Crippen LogP contribution in [-0.4, -0.2) is 11.8 Å². The Balaban J connectivity index is 1.36. The maximum atomic E-state index is 14.7. The van der Waals surface area contributed by atoms with Gasteiger partial charge in [0, 0.05) is 0 Å². The Morgan fingerprint density at radius 1 is 0.537 bits per heavy atom. The topological polar surface area (TPSA) is 55.8 Å². The van der Waals surface area contributed by atoms with Crippen LogP contribution in [0.5, 0.6) is 11.5 Å². The summed E-state index contributed by atoms with van der Waals surface area (Å²) in [7, 11) is 0. The van der Waals surface area contributed by atoms with Crippen LogP contribution in [-0.2, 0) is 25.5 Å². The van der Waals surface area contributed by atoms with E-state index in [0.717, 1.165) is 22.3 Å². The summed E-state index contributed by atoms with van der Waals surface area (Å²) in [6.07, 6.45) is 0. The number of hydrogen-bond acceptors (Lipinski definition) is 4. The van der Waals surface area contributed by atoms with Gasteiger partial charge in [0.25, 0.3) is 0 Å². The van der Waals surface area contributed by atoms with E-state index >= 15 is 0 Å². The highest BCUT2D eigenvalue weighted by Crippen LogP contribution is 2.70. The maximum absolute atomic E-state index is 14.7. The Morgan fingerprint density at radius 2 is 0.976 bits per heavy atom. The third-order valence-electron chi connectivity index (χ3n) is 8.71. The quantitative estimate of drug-likeness (QED) is 0.232. The molecule has 0 spiro atoms. The summed E-state index contributed by atoms with van der Waals surface area (Å²) in [4.78, 5) is 30.8. The Kier molecular flexibility index (Phi) is 5.09. The van der Waals surface area contributed by atoms with Crippen molar-refractivity contribution >= 4 is 17.5 Å². The number of imide groups is 1. The molecule has 5 nitrogen and oxygen atoms in total. The van der Waals surface area contributed by atoms with Gasteiger partial charge < -0.3 is 9.47 Å². The number of benzene rings is 5. The van der Waals surface area contributed by atoms with Crippen LogP contribution in [0, 0.1) is 11.8 Å². The summed E-state index contributed by atoms with van der Waals surface area (Å²) < 4.78 is 13.4. The first kappa shape index (κ1) is 23.9. The van der Waals surface area contributed by atoms with Crippen molar-refractivity contribution in [2.24, 2.45) is 11.8 Å². The molecule has 5 aromatic carbocycles. The van der Waals surface area contributed by atoms with Crippen molar-refractivity contribution in [3.63, 3.8) is 0 Å². The first-order chi connectivity index (χ1) is 20.2. The van der Waals surface area contributed by atoms with Crippen molar-refractivity contribution in [3.8, 4) is 11.5 Å². The van der Waals surface area contributed by atoms with Gasteiger partial charge in [-0.25, -0.2) is 4.90 Å². The van der Waals surface area contributed by atoms with Crippen molar-refractivity contribution in [1.29, 1.82) is 0 Å². The molecule has 3 heterocycles. The highest BCUT2D eigenvalue weighted by Gasteiger charge is 2.78. The summed E-state index contributed by atoms with van der Waals surface area (Å²) in [5.41, 5.74) is 1.73. The van der Waals surface area contributed by atoms with E-state index in [1.165, 1.54) is 4.90 Å². The van der Waals surface area contributed by atoms with Crippen molar-refractivity contribution in [3.05, 3.63) is 162 Å². The first-order valence-corrected chi connectivity index (χ1v) is 13.8. The number of rotatable bonds is 5. The third kappa shape index (κ3) is 3.09. The molecule has 0 aromatic heterocycles. The van der Waals surface area contributed by atoms with Crippen LogP contribution in [0.15, 0.2) is 140 Å². The molecule has 8 rings (SSSR count). The average Bonchev–Trinajstić information content (AvgIpc) is 3.63. The number of amides is 2. The van der Waals surface area contributed by atoms with Gasteiger partial charge in [-0.3, -0.25) is 9.59 Å². The first-order valence-electron chi connectivity index (χ1n) is 13.8. The molecule has 2 amide bonds. The van der Waals surface area contributed by atoms with Crippen molar-refractivity contribution in [2.45, 2.75) is 11.2 Å². The van der Waals surface area contributed by atoms with E-state index in [0.29, 0.717) is 17.2 Å². The van der Waals surface area contributed by atoms with Crippen LogP contribution in [0.4, 0.5) is 5.69 Å². The molecule has 5 aromatic rings. The molecular weight excluding hydrogens is 510 g/mol. The second kappa shape index (κ2) is 8.75. The number of nitrogens with zero attached hydrogens (tertiary/aromatic N) is 1. The van der Waals surface area contributed by atoms with Gasteiger partial charge in [-0.2, -0.15) is 0 Å². The van der Waals surface area contributed by atoms with E-state index in [9.17, 15) is 9.59 Å². The van der Waals surface area contributed by atoms with Gasteiger partial charge >= 0.3 is 0 Å². The number of para-hydroxylation sites is 3. The van der Waals surface area contributed by atoms with Gasteiger partial charge in [-0.05, 0) is 46.5 Å². The van der Waals surface area contributed by atoms with E-state index in [4.69, 9.17) is 9.47 Å². The number of carbonyl (C=O) groups excluding carboxylic acids is 2. The van der Waals surface area contributed by atoms with Crippen molar-refractivity contribution < 1.29 is 19.1 Å². The standard InChI is InChI=1S/C36H25NO4/c38-33-31-32(34(39)37(33)29-22-12-13-23-30(29)40-26-18-8-3-9-19-26)36(25-16-6-2-7-17-25)28-21-11-10-20-27(28)35(31,41-36)24-14-4-1-5-15-24/h1-23,31-32H/t31-,32+,35+,36-. The highest BCUT2D eigenvalue weighted by atomic mass is 16.5. The molecule has 41 heavy (non-hydrogen) atoms. The number of anilines is 1. The van der Waals surface area contributed by atoms with E-state index in [1.807, 2.05) is 127 Å². The second-order valence-corrected chi connectivity index (χ2v) is 10.7. The van der Waals surface area contributed by atoms with E-state index in [1.54, 1.807) is 12.1 Å². The molecule has 3 aliphatic heterocycles. The van der Waals surface area contributed by atoms with Gasteiger partial charge in [0.15, 0.2) is 5.75 Å². The summed E-state index contributed by atoms with van der Waals surface area (Å²) in [6, 6.07) is 44.3. The van der Waals surface area contributed by atoms with Crippen LogP contribution in [0.2, 0.25) is 0 Å². The van der Waals surface area contributed by atoms with E-state index < -0.39 is 23.0 Å². The Hall–Kier alpha value is -5.00. The Bertz CT molecular complexity index is 1720. The maximum Gasteiger partial charge on any atom is 0.241 e. The van der Waals surface area contributed by atoms with E-state index in [-0.39, 0.29) is 11.8 Å². The minimum atomic E-state index is -1.13. The minimum absolute atomic E-state index is 0.291. The van der Waals surface area contributed by atoms with Crippen LogP contribution >= 0.6 is 0 Å². The lowest BCUT2D eigenvalue weighted by Gasteiger charge is -2.34. The van der Waals surface area contributed by atoms with Crippen LogP contribution in [0.1, 0.15) is 22.3 Å². The van der Waals surface area contributed by atoms with Crippen LogP contribution in [0.3, 0.4) is 0 Å². The fourth-order valence-electron chi connectivity index (χ4n) is 7.19. The molecule has 2 bridgehead atoms. The molecular formula is C36H25NO4. The summed E-state index contributed by atoms with van der Waals surface area (Å²) in [5.74, 6) is -1.06. The summed E-state index contributed by atoms with van der Waals surface area (Å²) >= 11 is 0. The monoisotopic (exact) mass is 535 g/mol. The van der Waals surface area contributed by atoms with Crippen molar-refractivity contribution in [1.82, 2.24) is 0 Å². The molecule has 2 saturated heterocycles. The van der Waals surface area contributed by atoms with Gasteiger partial charge in [0.1, 0.15) is 17.0 Å². The van der Waals surface area contributed by atoms with Crippen molar-refractivity contribution in [2.75, 3.05) is 4.90 Å². The lowest BCUT2D eigenvalue weighted by molar-refractivity contribution is -0.131. The molecule has 198 valence electrons. The summed E-state index contributed by atoms with van der Waals surface area (Å²) in [6.45, 7) is 0. The fourth-order valence-corrected chi connectivity index (χ4v) is 7.19.